The lowest BCUT2D eigenvalue weighted by Crippen LogP contribution is -2.49. The summed E-state index contributed by atoms with van der Waals surface area (Å²) in [5.74, 6) is 0.399. The number of hydrogen-bond acceptors (Lipinski definition) is 4. The number of aryl methyl sites for hydroxylation is 1. The highest BCUT2D eigenvalue weighted by atomic mass is 35.5. The molecule has 1 aliphatic rings. The van der Waals surface area contributed by atoms with Gasteiger partial charge in [0.25, 0.3) is 5.91 Å². The highest BCUT2D eigenvalue weighted by Gasteiger charge is 2.30. The molecule has 0 spiro atoms. The van der Waals surface area contributed by atoms with Crippen molar-refractivity contribution < 1.29 is 9.18 Å². The Kier molecular flexibility index (Phi) is 8.46. The summed E-state index contributed by atoms with van der Waals surface area (Å²) in [6, 6.07) is 11.8. The van der Waals surface area contributed by atoms with Crippen molar-refractivity contribution in [1.29, 1.82) is 0 Å². The van der Waals surface area contributed by atoms with E-state index in [1.54, 1.807) is 29.2 Å². The lowest BCUT2D eigenvalue weighted by atomic mass is 10.1. The van der Waals surface area contributed by atoms with Crippen LogP contribution in [0.1, 0.15) is 49.3 Å². The quantitative estimate of drug-likeness (QED) is 0.354. The van der Waals surface area contributed by atoms with E-state index in [1.807, 2.05) is 31.5 Å². The summed E-state index contributed by atoms with van der Waals surface area (Å²) in [5, 5.41) is 5.64. The molecule has 1 aromatic heterocycles. The van der Waals surface area contributed by atoms with Gasteiger partial charge >= 0.3 is 0 Å². The Labute approximate surface area is 228 Å². The standard InChI is InChI=1S/C28H34Cl2FN5O/c1-18(2)33-11-13-34(14-12-33)27-25(20(5)32-36(27)23-8-6-7-22(31)16-23)17-35(19(3)4)28(37)24-10-9-21(29)15-26(24)30/h6-10,15-16,18-19H,11-14,17H2,1-5H3. The van der Waals surface area contributed by atoms with Crippen molar-refractivity contribution in [3.8, 4) is 5.69 Å². The normalized spacial score (nSPS) is 14.6. The first-order chi connectivity index (χ1) is 17.6. The Bertz CT molecular complexity index is 1270. The van der Waals surface area contributed by atoms with Crippen molar-refractivity contribution in [2.45, 2.75) is 53.2 Å². The molecule has 3 aromatic rings. The van der Waals surface area contributed by atoms with Crippen molar-refractivity contribution in [3.05, 3.63) is 75.1 Å². The summed E-state index contributed by atoms with van der Waals surface area (Å²) in [5.41, 5.74) is 2.79. The molecular formula is C28H34Cl2FN5O. The molecule has 2 heterocycles. The van der Waals surface area contributed by atoms with Crippen LogP contribution in [-0.2, 0) is 6.54 Å². The van der Waals surface area contributed by atoms with Crippen LogP contribution in [0.2, 0.25) is 10.0 Å². The van der Waals surface area contributed by atoms with Crippen molar-refractivity contribution in [1.82, 2.24) is 19.6 Å². The molecule has 6 nitrogen and oxygen atoms in total. The first-order valence-corrected chi connectivity index (χ1v) is 13.4. The number of rotatable bonds is 7. The molecule has 0 N–H and O–H groups in total. The summed E-state index contributed by atoms with van der Waals surface area (Å²) in [6.07, 6.45) is 0. The molecule has 37 heavy (non-hydrogen) atoms. The minimum atomic E-state index is -0.320. The van der Waals surface area contributed by atoms with Gasteiger partial charge in [0.2, 0.25) is 0 Å². The third-order valence-corrected chi connectivity index (χ3v) is 7.48. The molecule has 1 amide bonds. The van der Waals surface area contributed by atoms with Crippen LogP contribution in [0.4, 0.5) is 10.2 Å². The van der Waals surface area contributed by atoms with E-state index in [4.69, 9.17) is 28.3 Å². The maximum absolute atomic E-state index is 14.2. The fourth-order valence-corrected chi connectivity index (χ4v) is 5.26. The second-order valence-electron chi connectivity index (χ2n) is 10.0. The predicted molar refractivity (Wildman–Crippen MR) is 149 cm³/mol. The Morgan fingerprint density at radius 2 is 1.76 bits per heavy atom. The highest BCUT2D eigenvalue weighted by molar-refractivity contribution is 6.36. The number of halogens is 3. The average molecular weight is 547 g/mol. The summed E-state index contributed by atoms with van der Waals surface area (Å²) in [6.45, 7) is 14.1. The number of benzene rings is 2. The first-order valence-electron chi connectivity index (χ1n) is 12.7. The second-order valence-corrected chi connectivity index (χ2v) is 10.9. The lowest BCUT2D eigenvalue weighted by Gasteiger charge is -2.39. The third-order valence-electron chi connectivity index (χ3n) is 6.93. The van der Waals surface area contributed by atoms with Gasteiger partial charge in [-0.25, -0.2) is 9.07 Å². The van der Waals surface area contributed by atoms with Crippen molar-refractivity contribution in [2.24, 2.45) is 0 Å². The van der Waals surface area contributed by atoms with Gasteiger partial charge in [-0.2, -0.15) is 5.10 Å². The summed E-state index contributed by atoms with van der Waals surface area (Å²) in [4.78, 5) is 20.2. The number of nitrogens with zero attached hydrogens (tertiary/aromatic N) is 5. The highest BCUT2D eigenvalue weighted by Crippen LogP contribution is 2.32. The molecule has 198 valence electrons. The van der Waals surface area contributed by atoms with E-state index in [0.29, 0.717) is 33.9 Å². The third kappa shape index (κ3) is 5.95. The van der Waals surface area contributed by atoms with Gasteiger partial charge in [-0.05, 0) is 71.0 Å². The molecule has 2 aromatic carbocycles. The fourth-order valence-electron chi connectivity index (χ4n) is 4.77. The van der Waals surface area contributed by atoms with Gasteiger partial charge in [-0.3, -0.25) is 9.69 Å². The van der Waals surface area contributed by atoms with Gasteiger partial charge < -0.3 is 9.80 Å². The van der Waals surface area contributed by atoms with Crippen LogP contribution in [0.25, 0.3) is 5.69 Å². The molecular weight excluding hydrogens is 512 g/mol. The minimum Gasteiger partial charge on any atom is -0.354 e. The van der Waals surface area contributed by atoms with Crippen molar-refractivity contribution in [2.75, 3.05) is 31.1 Å². The maximum atomic E-state index is 14.2. The van der Waals surface area contributed by atoms with Gasteiger partial charge in [0.1, 0.15) is 11.6 Å². The SMILES string of the molecule is Cc1nn(-c2cccc(F)c2)c(N2CCN(C(C)C)CC2)c1CN(C(=O)c1ccc(Cl)cc1Cl)C(C)C. The van der Waals surface area contributed by atoms with Crippen molar-refractivity contribution in [3.63, 3.8) is 0 Å². The van der Waals surface area contributed by atoms with E-state index in [1.165, 1.54) is 12.1 Å². The number of carbonyl (C=O) groups excluding carboxylic acids is 1. The van der Waals surface area contributed by atoms with E-state index in [9.17, 15) is 9.18 Å². The molecule has 1 fully saturated rings. The number of hydrogen-bond donors (Lipinski definition) is 0. The zero-order chi connectivity index (χ0) is 26.9. The predicted octanol–water partition coefficient (Wildman–Crippen LogP) is 6.21. The van der Waals surface area contributed by atoms with Gasteiger partial charge in [0, 0.05) is 48.8 Å². The molecule has 0 atom stereocenters. The molecule has 0 radical (unpaired) electrons. The molecule has 0 aliphatic carbocycles. The van der Waals surface area contributed by atoms with Crippen molar-refractivity contribution >= 4 is 34.9 Å². The Hall–Kier alpha value is -2.61. The number of carbonyl (C=O) groups is 1. The Morgan fingerprint density at radius 3 is 2.35 bits per heavy atom. The van der Waals surface area contributed by atoms with E-state index < -0.39 is 0 Å². The van der Waals surface area contributed by atoms with Crippen LogP contribution >= 0.6 is 23.2 Å². The molecule has 1 aliphatic heterocycles. The zero-order valence-electron chi connectivity index (χ0n) is 22.0. The summed E-state index contributed by atoms with van der Waals surface area (Å²) < 4.78 is 16.0. The maximum Gasteiger partial charge on any atom is 0.255 e. The van der Waals surface area contributed by atoms with E-state index >= 15 is 0 Å². The molecule has 0 bridgehead atoms. The van der Waals surface area contributed by atoms with Crippen LogP contribution in [0.15, 0.2) is 42.5 Å². The van der Waals surface area contributed by atoms with Crippen LogP contribution in [0.5, 0.6) is 0 Å². The van der Waals surface area contributed by atoms with Gasteiger partial charge in [-0.15, -0.1) is 0 Å². The molecule has 0 saturated carbocycles. The van der Waals surface area contributed by atoms with E-state index in [0.717, 1.165) is 43.3 Å². The van der Waals surface area contributed by atoms with Gasteiger partial charge in [-0.1, -0.05) is 29.3 Å². The van der Waals surface area contributed by atoms with Gasteiger partial charge in [0.15, 0.2) is 0 Å². The van der Waals surface area contributed by atoms with Gasteiger partial charge in [0.05, 0.1) is 28.5 Å². The van der Waals surface area contributed by atoms with E-state index in [2.05, 4.69) is 23.6 Å². The average Bonchev–Trinajstić information content (AvgIpc) is 3.17. The number of amides is 1. The molecule has 9 heteroatoms. The number of anilines is 1. The molecule has 1 saturated heterocycles. The second kappa shape index (κ2) is 11.4. The zero-order valence-corrected chi connectivity index (χ0v) is 23.5. The summed E-state index contributed by atoms with van der Waals surface area (Å²) >= 11 is 12.5. The first kappa shape index (κ1) is 27.4. The Balaban J connectivity index is 1.76. The summed E-state index contributed by atoms with van der Waals surface area (Å²) in [7, 11) is 0. The molecule has 4 rings (SSSR count). The largest absolute Gasteiger partial charge is 0.354 e. The lowest BCUT2D eigenvalue weighted by molar-refractivity contribution is 0.0690. The smallest absolute Gasteiger partial charge is 0.255 e. The number of aromatic nitrogens is 2. The Morgan fingerprint density at radius 1 is 1.05 bits per heavy atom. The van der Waals surface area contributed by atoms with E-state index in [-0.39, 0.29) is 17.8 Å². The monoisotopic (exact) mass is 545 g/mol. The van der Waals surface area contributed by atoms with Crippen LogP contribution < -0.4 is 4.90 Å². The molecule has 0 unspecified atom stereocenters. The van der Waals surface area contributed by atoms with Crippen LogP contribution in [0, 0.1) is 12.7 Å². The topological polar surface area (TPSA) is 44.6 Å². The van der Waals surface area contributed by atoms with Crippen LogP contribution in [0.3, 0.4) is 0 Å². The van der Waals surface area contributed by atoms with Crippen LogP contribution in [-0.4, -0.2) is 63.8 Å². The minimum absolute atomic E-state index is 0.0956. The fraction of sp³-hybridized carbons (Fsp3) is 0.429. The number of piperazine rings is 1.